The largest absolute Gasteiger partial charge is 0.633 e. The van der Waals surface area contributed by atoms with Gasteiger partial charge in [0, 0.05) is 18.6 Å². The van der Waals surface area contributed by atoms with Gasteiger partial charge in [-0.2, -0.15) is 9.12 Å². The van der Waals surface area contributed by atoms with Gasteiger partial charge < -0.3 is 9.84 Å². The SMILES string of the molecule is CC(C)(B(P)I)c1ccc(O[CH-]C(=O)O)cc1.[V]. The van der Waals surface area contributed by atoms with Crippen molar-refractivity contribution in [1.29, 1.82) is 0 Å². The summed E-state index contributed by atoms with van der Waals surface area (Å²) in [5, 5.41) is 8.49. The van der Waals surface area contributed by atoms with Crippen molar-refractivity contribution < 1.29 is 33.2 Å². The summed E-state index contributed by atoms with van der Waals surface area (Å²) in [6, 6.07) is 7.47. The fourth-order valence-electron chi connectivity index (χ4n) is 1.24. The summed E-state index contributed by atoms with van der Waals surface area (Å²) in [5.74, 6) is -0.563. The maximum Gasteiger partial charge on any atom is 0.249 e. The number of hydrogen-bond acceptors (Lipinski definition) is 2. The molecule has 97 valence electrons. The maximum atomic E-state index is 10.3. The van der Waals surface area contributed by atoms with Crippen molar-refractivity contribution in [2.24, 2.45) is 0 Å². The Morgan fingerprint density at radius 1 is 1.44 bits per heavy atom. The first-order chi connectivity index (χ1) is 7.84. The van der Waals surface area contributed by atoms with Crippen LogP contribution in [0.2, 0.25) is 0 Å². The average molecular weight is 414 g/mol. The third kappa shape index (κ3) is 5.04. The first-order valence-corrected chi connectivity index (χ1v) is 6.98. The Labute approximate surface area is 135 Å². The van der Waals surface area contributed by atoms with E-state index in [0.717, 1.165) is 6.61 Å². The molecule has 0 aliphatic heterocycles. The molecule has 1 N–H and O–H groups in total. The van der Waals surface area contributed by atoms with Gasteiger partial charge in [0.1, 0.15) is 0 Å². The van der Waals surface area contributed by atoms with E-state index < -0.39 is 5.97 Å². The monoisotopic (exact) mass is 414 g/mol. The molecule has 3 nitrogen and oxygen atoms in total. The Morgan fingerprint density at radius 2 is 1.94 bits per heavy atom. The number of halogens is 1. The van der Waals surface area contributed by atoms with Crippen molar-refractivity contribution in [2.45, 2.75) is 19.2 Å². The Bertz CT molecular complexity index is 398. The van der Waals surface area contributed by atoms with E-state index in [1.54, 1.807) is 12.1 Å². The van der Waals surface area contributed by atoms with E-state index in [1.807, 2.05) is 12.1 Å². The summed E-state index contributed by atoms with van der Waals surface area (Å²) in [6.07, 6.45) is 0. The average Bonchev–Trinajstić information content (AvgIpc) is 2.26. The van der Waals surface area contributed by atoms with Crippen LogP contribution in [0, 0.1) is 6.61 Å². The Balaban J connectivity index is 0.00000289. The van der Waals surface area contributed by atoms with E-state index in [-0.39, 0.29) is 23.9 Å². The van der Waals surface area contributed by atoms with Gasteiger partial charge in [-0.05, 0) is 23.0 Å². The van der Waals surface area contributed by atoms with Crippen LogP contribution in [0.25, 0.3) is 0 Å². The number of carboxylic acids is 1. The van der Waals surface area contributed by atoms with Crippen LogP contribution in [0.1, 0.15) is 19.4 Å². The van der Waals surface area contributed by atoms with Gasteiger partial charge in [0.05, 0.1) is 5.75 Å². The topological polar surface area (TPSA) is 46.5 Å². The summed E-state index contributed by atoms with van der Waals surface area (Å²) in [4.78, 5) is 10.3. The van der Waals surface area contributed by atoms with Crippen molar-refractivity contribution >= 4 is 41.8 Å². The van der Waals surface area contributed by atoms with Crippen molar-refractivity contribution in [3.05, 3.63) is 36.4 Å². The zero-order chi connectivity index (χ0) is 13.1. The second kappa shape index (κ2) is 7.68. The van der Waals surface area contributed by atoms with Crippen molar-refractivity contribution in [1.82, 2.24) is 0 Å². The van der Waals surface area contributed by atoms with Crippen LogP contribution >= 0.6 is 31.5 Å². The molecule has 0 saturated carbocycles. The molecule has 0 fully saturated rings. The standard InChI is InChI=1S/C11H14BIO3P.V/c1-11(2,12(13)17)8-3-5-9(6-4-8)16-7-10(14)15;/h3-7H,17H2,1-2H3,(H,14,15);/q-1;. The van der Waals surface area contributed by atoms with Gasteiger partial charge in [0.15, 0.2) is 5.97 Å². The summed E-state index contributed by atoms with van der Waals surface area (Å²) >= 11 is 2.37. The molecule has 0 aliphatic carbocycles. The van der Waals surface area contributed by atoms with Gasteiger partial charge in [-0.3, -0.25) is 4.79 Å². The van der Waals surface area contributed by atoms with E-state index in [2.05, 4.69) is 45.3 Å². The van der Waals surface area contributed by atoms with Crippen LogP contribution in [0.4, 0.5) is 0 Å². The van der Waals surface area contributed by atoms with Crippen LogP contribution in [0.5, 0.6) is 5.75 Å². The summed E-state index contributed by atoms with van der Waals surface area (Å²) in [7, 11) is 2.79. The third-order valence-electron chi connectivity index (χ3n) is 2.58. The van der Waals surface area contributed by atoms with E-state index in [9.17, 15) is 4.79 Å². The molecule has 0 spiro atoms. The number of carboxylic acid groups (broad SMARTS) is 1. The molecule has 7 heteroatoms. The molecule has 0 aromatic heterocycles. The molecular weight excluding hydrogens is 400 g/mol. The quantitative estimate of drug-likeness (QED) is 0.349. The van der Waals surface area contributed by atoms with E-state index in [0.29, 0.717) is 10.0 Å². The van der Waals surface area contributed by atoms with E-state index in [4.69, 9.17) is 9.84 Å². The number of carbonyl (C=O) groups is 1. The molecule has 1 radical (unpaired) electrons. The predicted octanol–water partition coefficient (Wildman–Crippen LogP) is 2.92. The van der Waals surface area contributed by atoms with E-state index in [1.165, 1.54) is 5.56 Å². The van der Waals surface area contributed by atoms with Gasteiger partial charge in [-0.1, -0.05) is 26.0 Å². The van der Waals surface area contributed by atoms with Crippen molar-refractivity contribution in [3.8, 4) is 5.75 Å². The smallest absolute Gasteiger partial charge is 0.249 e. The second-order valence-electron chi connectivity index (χ2n) is 4.22. The minimum absolute atomic E-state index is 0. The minimum Gasteiger partial charge on any atom is -0.633 e. The minimum atomic E-state index is -1.09. The van der Waals surface area contributed by atoms with Gasteiger partial charge in [0.2, 0.25) is 4.29 Å². The number of benzene rings is 1. The molecule has 0 bridgehead atoms. The molecule has 0 heterocycles. The van der Waals surface area contributed by atoms with Gasteiger partial charge in [0.25, 0.3) is 0 Å². The zero-order valence-corrected chi connectivity index (χ0v) is 14.8. The second-order valence-corrected chi connectivity index (χ2v) is 7.59. The number of aliphatic carboxylic acids is 1. The fourth-order valence-corrected chi connectivity index (χ4v) is 1.79. The molecule has 1 atom stereocenters. The normalized spacial score (nSPS) is 10.2. The fraction of sp³-hybridized carbons (Fsp3) is 0.273. The number of hydrogen-bond donors (Lipinski definition) is 1. The first-order valence-electron chi connectivity index (χ1n) is 5.07. The van der Waals surface area contributed by atoms with Crippen LogP contribution in [0.15, 0.2) is 24.3 Å². The molecule has 0 saturated heterocycles. The van der Waals surface area contributed by atoms with Crippen molar-refractivity contribution in [3.63, 3.8) is 0 Å². The first kappa shape index (κ1) is 18.2. The third-order valence-corrected chi connectivity index (χ3v) is 4.97. The van der Waals surface area contributed by atoms with Crippen molar-refractivity contribution in [2.75, 3.05) is 0 Å². The summed E-state index contributed by atoms with van der Waals surface area (Å²) in [6.45, 7) is 5.10. The maximum absolute atomic E-state index is 10.3. The molecule has 1 unspecified atom stereocenters. The Morgan fingerprint density at radius 3 is 2.33 bits per heavy atom. The molecule has 1 rings (SSSR count). The van der Waals surface area contributed by atoms with Gasteiger partial charge >= 0.3 is 0 Å². The Hall–Kier alpha value is 0.169. The molecule has 18 heavy (non-hydrogen) atoms. The van der Waals surface area contributed by atoms with Crippen LogP contribution in [-0.4, -0.2) is 15.4 Å². The molecule has 1 aromatic rings. The number of rotatable bonds is 5. The summed E-state index contributed by atoms with van der Waals surface area (Å²) in [5.41, 5.74) is 1.19. The van der Waals surface area contributed by atoms with Crippen LogP contribution < -0.4 is 4.74 Å². The predicted molar refractivity (Wildman–Crippen MR) is 81.5 cm³/mol. The van der Waals surface area contributed by atoms with Gasteiger partial charge in [-0.15, -0.1) is 29.0 Å². The molecule has 0 aliphatic rings. The Kier molecular flexibility index (Phi) is 7.76. The number of ether oxygens (including phenoxy) is 1. The molecule has 0 amide bonds. The van der Waals surface area contributed by atoms with E-state index >= 15 is 0 Å². The zero-order valence-electron chi connectivity index (χ0n) is 10.1. The van der Waals surface area contributed by atoms with Crippen LogP contribution in [-0.2, 0) is 28.7 Å². The van der Waals surface area contributed by atoms with Gasteiger partial charge in [-0.25, -0.2) is 0 Å². The summed E-state index contributed by atoms with van der Waals surface area (Å²) < 4.78 is 5.38. The molecule has 1 aromatic carbocycles. The molecular formula is C11H14BIO3PV-. The van der Waals surface area contributed by atoms with Crippen LogP contribution in [0.3, 0.4) is 0 Å².